The molecule has 0 saturated carbocycles. The highest BCUT2D eigenvalue weighted by Gasteiger charge is 2.35. The van der Waals surface area contributed by atoms with Gasteiger partial charge in [0.2, 0.25) is 0 Å². The lowest BCUT2D eigenvalue weighted by Crippen LogP contribution is -2.63. The van der Waals surface area contributed by atoms with Gasteiger partial charge < -0.3 is 33.0 Å². The van der Waals surface area contributed by atoms with Gasteiger partial charge in [0.05, 0.1) is 6.42 Å². The molecule has 10 heteroatoms. The van der Waals surface area contributed by atoms with E-state index in [9.17, 15) is 19.2 Å². The van der Waals surface area contributed by atoms with Crippen LogP contribution in [-0.2, 0) is 19.1 Å². The normalized spacial score (nSPS) is 14.6. The minimum atomic E-state index is -1.83. The van der Waals surface area contributed by atoms with Gasteiger partial charge >= 0.3 is 18.0 Å². The summed E-state index contributed by atoms with van der Waals surface area (Å²) in [7, 11) is 0. The minimum absolute atomic E-state index is 0.0134. The van der Waals surface area contributed by atoms with E-state index in [1.54, 1.807) is 13.8 Å². The summed E-state index contributed by atoms with van der Waals surface area (Å²) < 4.78 is 4.60. The van der Waals surface area contributed by atoms with E-state index in [0.717, 1.165) is 0 Å². The molecule has 0 aliphatic carbocycles. The maximum atomic E-state index is 12.1. The predicted octanol–water partition coefficient (Wildman–Crippen LogP) is -1.55. The van der Waals surface area contributed by atoms with Crippen LogP contribution in [0.2, 0.25) is 0 Å². The third kappa shape index (κ3) is 7.49. The SMILES string of the molecule is CC(C)[C@H](N)C(=O)OC(=O)CCC(N)(NC(N)=O)C(=O)CCCN. The fraction of sp³-hybridized carbons (Fsp3) is 0.714. The van der Waals surface area contributed by atoms with E-state index in [0.29, 0.717) is 6.42 Å². The molecule has 2 atom stereocenters. The summed E-state index contributed by atoms with van der Waals surface area (Å²) in [5.41, 5.74) is 19.9. The number of carbonyl (C=O) groups is 4. The van der Waals surface area contributed by atoms with Crippen molar-refractivity contribution >= 4 is 23.8 Å². The Morgan fingerprint density at radius 1 is 1.17 bits per heavy atom. The Bertz CT molecular complexity index is 482. The average Bonchev–Trinajstić information content (AvgIpc) is 2.48. The fourth-order valence-electron chi connectivity index (χ4n) is 1.78. The Morgan fingerprint density at radius 2 is 1.75 bits per heavy atom. The number of hydrogen-bond donors (Lipinski definition) is 5. The molecule has 0 rings (SSSR count). The first kappa shape index (κ1) is 22.0. The number of hydrogen-bond acceptors (Lipinski definition) is 8. The van der Waals surface area contributed by atoms with Crippen molar-refractivity contribution in [3.63, 3.8) is 0 Å². The predicted molar refractivity (Wildman–Crippen MR) is 86.1 cm³/mol. The van der Waals surface area contributed by atoms with E-state index >= 15 is 0 Å². The van der Waals surface area contributed by atoms with Crippen molar-refractivity contribution in [3.05, 3.63) is 0 Å². The Hall–Kier alpha value is -2.04. The van der Waals surface area contributed by atoms with Gasteiger partial charge in [-0.25, -0.2) is 9.59 Å². The molecule has 9 N–H and O–H groups in total. The first-order valence-electron chi connectivity index (χ1n) is 7.63. The lowest BCUT2D eigenvalue weighted by Gasteiger charge is -2.28. The number of esters is 2. The van der Waals surface area contributed by atoms with Crippen LogP contribution in [0.3, 0.4) is 0 Å². The van der Waals surface area contributed by atoms with E-state index in [2.05, 4.69) is 10.1 Å². The van der Waals surface area contributed by atoms with Crippen LogP contribution in [0.15, 0.2) is 0 Å². The zero-order chi connectivity index (χ0) is 18.9. The molecule has 138 valence electrons. The number of nitrogens with one attached hydrogen (secondary N) is 1. The third-order valence-corrected chi connectivity index (χ3v) is 3.38. The van der Waals surface area contributed by atoms with Crippen molar-refractivity contribution in [2.75, 3.05) is 6.54 Å². The molecule has 0 fully saturated rings. The van der Waals surface area contributed by atoms with Crippen LogP contribution in [0.1, 0.15) is 39.5 Å². The maximum Gasteiger partial charge on any atom is 0.330 e. The van der Waals surface area contributed by atoms with E-state index in [1.807, 2.05) is 0 Å². The molecule has 0 aliphatic heterocycles. The first-order valence-corrected chi connectivity index (χ1v) is 7.63. The molecule has 0 heterocycles. The number of Topliss-reactive ketones (excluding diaryl/α,β-unsaturated/α-hetero) is 1. The van der Waals surface area contributed by atoms with Gasteiger partial charge in [0, 0.05) is 12.8 Å². The van der Waals surface area contributed by atoms with E-state index in [-0.39, 0.29) is 31.7 Å². The molecule has 0 aromatic heterocycles. The summed E-state index contributed by atoms with van der Waals surface area (Å²) in [6.45, 7) is 3.67. The molecule has 0 bridgehead atoms. The number of carbonyl (C=O) groups excluding carboxylic acids is 4. The minimum Gasteiger partial charge on any atom is -0.392 e. The highest BCUT2D eigenvalue weighted by atomic mass is 16.6. The van der Waals surface area contributed by atoms with Crippen molar-refractivity contribution in [2.45, 2.75) is 51.2 Å². The number of amides is 2. The lowest BCUT2D eigenvalue weighted by molar-refractivity contribution is -0.161. The van der Waals surface area contributed by atoms with E-state index in [1.165, 1.54) is 0 Å². The molecule has 2 amide bonds. The summed E-state index contributed by atoms with van der Waals surface area (Å²) in [5, 5.41) is 2.12. The van der Waals surface area contributed by atoms with Crippen LogP contribution in [0.4, 0.5) is 4.79 Å². The van der Waals surface area contributed by atoms with Crippen LogP contribution in [-0.4, -0.2) is 42.0 Å². The number of rotatable bonds is 10. The quantitative estimate of drug-likeness (QED) is 0.178. The zero-order valence-corrected chi connectivity index (χ0v) is 14.0. The second kappa shape index (κ2) is 9.96. The molecule has 0 aromatic rings. The van der Waals surface area contributed by atoms with Crippen molar-refractivity contribution in [2.24, 2.45) is 28.9 Å². The van der Waals surface area contributed by atoms with E-state index < -0.39 is 35.5 Å². The number of ether oxygens (including phenoxy) is 1. The molecule has 0 aromatic carbocycles. The molecule has 0 radical (unpaired) electrons. The highest BCUT2D eigenvalue weighted by Crippen LogP contribution is 2.13. The summed E-state index contributed by atoms with van der Waals surface area (Å²) in [5.74, 6) is -2.49. The number of urea groups is 1. The van der Waals surface area contributed by atoms with Gasteiger partial charge in [-0.1, -0.05) is 13.8 Å². The summed E-state index contributed by atoms with van der Waals surface area (Å²) in [4.78, 5) is 46.5. The van der Waals surface area contributed by atoms with Crippen LogP contribution in [0.5, 0.6) is 0 Å². The Balaban J connectivity index is 4.76. The smallest absolute Gasteiger partial charge is 0.330 e. The van der Waals surface area contributed by atoms with Gasteiger partial charge in [0.1, 0.15) is 11.7 Å². The van der Waals surface area contributed by atoms with Crippen LogP contribution in [0.25, 0.3) is 0 Å². The van der Waals surface area contributed by atoms with Crippen LogP contribution >= 0.6 is 0 Å². The zero-order valence-electron chi connectivity index (χ0n) is 14.0. The third-order valence-electron chi connectivity index (χ3n) is 3.38. The number of ketones is 1. The Labute approximate surface area is 140 Å². The summed E-state index contributed by atoms with van der Waals surface area (Å²) >= 11 is 0. The van der Waals surface area contributed by atoms with Gasteiger partial charge in [-0.3, -0.25) is 9.59 Å². The average molecular weight is 345 g/mol. The standard InChI is InChI=1S/C14H27N5O5/c1-8(2)11(16)12(22)24-10(21)5-6-14(18,19-13(17)23)9(20)4-3-7-15/h8,11H,3-7,15-16,18H2,1-2H3,(H3,17,19,23)/t11-,14?/m0/s1. The molecule has 0 saturated heterocycles. The second-order valence-electron chi connectivity index (χ2n) is 5.84. The summed E-state index contributed by atoms with van der Waals surface area (Å²) in [6.07, 6.45) is -0.270. The largest absolute Gasteiger partial charge is 0.392 e. The van der Waals surface area contributed by atoms with E-state index in [4.69, 9.17) is 22.9 Å². The molecule has 0 spiro atoms. The maximum absolute atomic E-state index is 12.1. The molecule has 0 aliphatic rings. The lowest BCUT2D eigenvalue weighted by atomic mass is 9.96. The Morgan fingerprint density at radius 3 is 2.21 bits per heavy atom. The first-order chi connectivity index (χ1) is 11.0. The monoisotopic (exact) mass is 345 g/mol. The topological polar surface area (TPSA) is 194 Å². The van der Waals surface area contributed by atoms with Gasteiger partial charge in [-0.05, 0) is 18.9 Å². The summed E-state index contributed by atoms with van der Waals surface area (Å²) in [6, 6.07) is -1.95. The molecule has 10 nitrogen and oxygen atoms in total. The number of primary amides is 1. The van der Waals surface area contributed by atoms with Crippen molar-refractivity contribution in [3.8, 4) is 0 Å². The molecular formula is C14H27N5O5. The van der Waals surface area contributed by atoms with Crippen molar-refractivity contribution < 1.29 is 23.9 Å². The van der Waals surface area contributed by atoms with Gasteiger partial charge in [-0.15, -0.1) is 0 Å². The van der Waals surface area contributed by atoms with Gasteiger partial charge in [0.15, 0.2) is 5.78 Å². The molecular weight excluding hydrogens is 318 g/mol. The number of nitrogens with two attached hydrogens (primary N) is 4. The van der Waals surface area contributed by atoms with Crippen LogP contribution < -0.4 is 28.3 Å². The highest BCUT2D eigenvalue weighted by molar-refractivity contribution is 5.93. The van der Waals surface area contributed by atoms with Crippen molar-refractivity contribution in [1.82, 2.24) is 5.32 Å². The van der Waals surface area contributed by atoms with Crippen LogP contribution in [0, 0.1) is 5.92 Å². The molecule has 24 heavy (non-hydrogen) atoms. The Kier molecular flexibility index (Phi) is 9.11. The van der Waals surface area contributed by atoms with Gasteiger partial charge in [-0.2, -0.15) is 0 Å². The fourth-order valence-corrected chi connectivity index (χ4v) is 1.78. The second-order valence-corrected chi connectivity index (χ2v) is 5.84. The molecule has 1 unspecified atom stereocenters. The van der Waals surface area contributed by atoms with Crippen molar-refractivity contribution in [1.29, 1.82) is 0 Å². The van der Waals surface area contributed by atoms with Gasteiger partial charge in [0.25, 0.3) is 0 Å².